The molecular weight excluding hydrogens is 381 g/mol. The average molecular weight is 399 g/mol. The number of alkyl halides is 3. The number of nitrogens with zero attached hydrogens (tertiary/aromatic N) is 1. The van der Waals surface area contributed by atoms with E-state index in [-0.39, 0.29) is 23.2 Å². The minimum Gasteiger partial charge on any atom is -0.323 e. The summed E-state index contributed by atoms with van der Waals surface area (Å²) in [5.41, 5.74) is 1.24. The first-order valence-corrected chi connectivity index (χ1v) is 8.39. The third-order valence-corrected chi connectivity index (χ3v) is 4.45. The van der Waals surface area contributed by atoms with E-state index >= 15 is 0 Å². The lowest BCUT2D eigenvalue weighted by atomic mass is 10.1. The fraction of sp³-hybridized carbons (Fsp3) is 0.263. The Morgan fingerprint density at radius 1 is 1.15 bits per heavy atom. The number of benzene rings is 2. The van der Waals surface area contributed by atoms with Crippen molar-refractivity contribution in [3.63, 3.8) is 0 Å². The quantitative estimate of drug-likeness (QED) is 0.790. The fourth-order valence-electron chi connectivity index (χ4n) is 2.52. The second-order valence-corrected chi connectivity index (χ2v) is 6.47. The van der Waals surface area contributed by atoms with Crippen LogP contribution in [0.25, 0.3) is 0 Å². The van der Waals surface area contributed by atoms with E-state index < -0.39 is 17.6 Å². The Balaban J connectivity index is 2.25. The molecule has 0 spiro atoms. The molecule has 2 rings (SSSR count). The normalized spacial score (nSPS) is 11.2. The highest BCUT2D eigenvalue weighted by Crippen LogP contribution is 2.34. The monoisotopic (exact) mass is 398 g/mol. The Bertz CT molecular complexity index is 882. The van der Waals surface area contributed by atoms with Gasteiger partial charge in [0.1, 0.15) is 6.54 Å². The number of carbonyl (C=O) groups is 2. The van der Waals surface area contributed by atoms with Crippen LogP contribution in [0.1, 0.15) is 23.6 Å². The fourth-order valence-corrected chi connectivity index (χ4v) is 2.69. The van der Waals surface area contributed by atoms with Gasteiger partial charge in [-0.25, -0.2) is 0 Å². The molecule has 0 radical (unpaired) electrons. The maximum absolute atomic E-state index is 12.8. The van der Waals surface area contributed by atoms with Crippen molar-refractivity contribution in [2.45, 2.75) is 26.9 Å². The van der Waals surface area contributed by atoms with E-state index in [1.165, 1.54) is 11.8 Å². The second kappa shape index (κ2) is 8.00. The molecule has 2 amide bonds. The lowest BCUT2D eigenvalue weighted by Crippen LogP contribution is -2.37. The summed E-state index contributed by atoms with van der Waals surface area (Å²) in [7, 11) is 0. The van der Waals surface area contributed by atoms with Crippen LogP contribution in [-0.2, 0) is 15.8 Å². The van der Waals surface area contributed by atoms with Crippen LogP contribution in [-0.4, -0.2) is 18.4 Å². The topological polar surface area (TPSA) is 49.4 Å². The summed E-state index contributed by atoms with van der Waals surface area (Å²) in [6.45, 7) is 4.65. The van der Waals surface area contributed by atoms with Crippen molar-refractivity contribution < 1.29 is 22.8 Å². The van der Waals surface area contributed by atoms with Gasteiger partial charge >= 0.3 is 6.18 Å². The summed E-state index contributed by atoms with van der Waals surface area (Å²) >= 11 is 5.89. The van der Waals surface area contributed by atoms with Gasteiger partial charge in [0, 0.05) is 12.6 Å². The third-order valence-electron chi connectivity index (χ3n) is 4.12. The predicted molar refractivity (Wildman–Crippen MR) is 99.0 cm³/mol. The second-order valence-electron chi connectivity index (χ2n) is 6.06. The summed E-state index contributed by atoms with van der Waals surface area (Å²) in [5, 5.41) is 2.32. The Morgan fingerprint density at radius 2 is 1.81 bits per heavy atom. The van der Waals surface area contributed by atoms with E-state index in [4.69, 9.17) is 11.6 Å². The zero-order valence-corrected chi connectivity index (χ0v) is 15.7. The van der Waals surface area contributed by atoms with Crippen LogP contribution in [0.3, 0.4) is 0 Å². The van der Waals surface area contributed by atoms with Crippen LogP contribution >= 0.6 is 11.6 Å². The number of halogens is 4. The molecule has 0 aromatic heterocycles. The van der Waals surface area contributed by atoms with Crippen LogP contribution in [0.4, 0.5) is 24.5 Å². The van der Waals surface area contributed by atoms with Gasteiger partial charge in [-0.05, 0) is 49.2 Å². The van der Waals surface area contributed by atoms with Crippen molar-refractivity contribution >= 4 is 34.8 Å². The zero-order chi connectivity index (χ0) is 20.4. The molecule has 2 aromatic carbocycles. The van der Waals surface area contributed by atoms with Crippen LogP contribution in [0.5, 0.6) is 0 Å². The molecule has 2 aromatic rings. The highest BCUT2D eigenvalue weighted by Gasteiger charge is 2.31. The zero-order valence-electron chi connectivity index (χ0n) is 14.9. The minimum absolute atomic E-state index is 0.0301. The molecule has 8 heteroatoms. The molecule has 0 saturated heterocycles. The highest BCUT2D eigenvalue weighted by atomic mass is 35.5. The number of nitrogens with one attached hydrogen (secondary N) is 1. The van der Waals surface area contributed by atoms with Gasteiger partial charge in [0.25, 0.3) is 0 Å². The smallest absolute Gasteiger partial charge is 0.323 e. The molecule has 0 saturated carbocycles. The van der Waals surface area contributed by atoms with E-state index in [0.29, 0.717) is 5.69 Å². The van der Waals surface area contributed by atoms with Crippen LogP contribution in [0.2, 0.25) is 5.02 Å². The maximum atomic E-state index is 12.8. The third kappa shape index (κ3) is 5.01. The van der Waals surface area contributed by atoms with Gasteiger partial charge in [-0.3, -0.25) is 9.59 Å². The van der Waals surface area contributed by atoms with E-state index in [1.54, 1.807) is 12.1 Å². The first-order chi connectivity index (χ1) is 12.5. The molecule has 0 fully saturated rings. The lowest BCUT2D eigenvalue weighted by molar-refractivity contribution is -0.137. The Labute approximate surface area is 159 Å². The standard InChI is InChI=1S/C19H18ClF3N2O2/c1-11-5-4-6-17(12(11)2)25(13(3)26)10-18(27)24-16-9-14(19(21,22)23)7-8-15(16)20/h4-9H,10H2,1-3H3,(H,24,27). The molecule has 0 atom stereocenters. The van der Waals surface area contributed by atoms with E-state index in [1.807, 2.05) is 19.9 Å². The number of hydrogen-bond acceptors (Lipinski definition) is 2. The Kier molecular flexibility index (Phi) is 6.15. The van der Waals surface area contributed by atoms with Gasteiger partial charge in [0.2, 0.25) is 11.8 Å². The van der Waals surface area contributed by atoms with Crippen molar-refractivity contribution in [2.24, 2.45) is 0 Å². The molecule has 4 nitrogen and oxygen atoms in total. The SMILES string of the molecule is CC(=O)N(CC(=O)Nc1cc(C(F)(F)F)ccc1Cl)c1cccc(C)c1C. The predicted octanol–water partition coefficient (Wildman–Crippen LogP) is 4.97. The first kappa shape index (κ1) is 20.8. The van der Waals surface area contributed by atoms with E-state index in [2.05, 4.69) is 5.32 Å². The number of aryl methyl sites for hydroxylation is 1. The van der Waals surface area contributed by atoms with E-state index in [9.17, 15) is 22.8 Å². The van der Waals surface area contributed by atoms with Gasteiger partial charge in [0.05, 0.1) is 16.3 Å². The van der Waals surface area contributed by atoms with Crippen LogP contribution < -0.4 is 10.2 Å². The largest absolute Gasteiger partial charge is 0.416 e. The number of amides is 2. The van der Waals surface area contributed by atoms with Gasteiger partial charge in [-0.1, -0.05) is 23.7 Å². The molecular formula is C19H18ClF3N2O2. The first-order valence-electron chi connectivity index (χ1n) is 8.01. The summed E-state index contributed by atoms with van der Waals surface area (Å²) in [6.07, 6.45) is -4.56. The Hall–Kier alpha value is -2.54. The molecule has 0 unspecified atom stereocenters. The van der Waals surface area contributed by atoms with Crippen molar-refractivity contribution in [3.8, 4) is 0 Å². The van der Waals surface area contributed by atoms with Crippen molar-refractivity contribution in [1.29, 1.82) is 0 Å². The maximum Gasteiger partial charge on any atom is 0.416 e. The number of anilines is 2. The molecule has 0 aliphatic heterocycles. The van der Waals surface area contributed by atoms with Crippen LogP contribution in [0.15, 0.2) is 36.4 Å². The molecule has 1 N–H and O–H groups in total. The molecule has 0 heterocycles. The van der Waals surface area contributed by atoms with E-state index in [0.717, 1.165) is 29.3 Å². The lowest BCUT2D eigenvalue weighted by Gasteiger charge is -2.23. The summed E-state index contributed by atoms with van der Waals surface area (Å²) in [6, 6.07) is 7.99. The highest BCUT2D eigenvalue weighted by molar-refractivity contribution is 6.33. The average Bonchev–Trinajstić information content (AvgIpc) is 2.56. The van der Waals surface area contributed by atoms with Gasteiger partial charge in [-0.2, -0.15) is 13.2 Å². The summed E-state index contributed by atoms with van der Waals surface area (Å²) in [5.74, 6) is -1.03. The van der Waals surface area contributed by atoms with Crippen molar-refractivity contribution in [3.05, 3.63) is 58.1 Å². The number of rotatable bonds is 4. The van der Waals surface area contributed by atoms with Crippen molar-refractivity contribution in [2.75, 3.05) is 16.8 Å². The molecule has 144 valence electrons. The van der Waals surface area contributed by atoms with Gasteiger partial charge in [-0.15, -0.1) is 0 Å². The van der Waals surface area contributed by atoms with Crippen molar-refractivity contribution in [1.82, 2.24) is 0 Å². The van der Waals surface area contributed by atoms with Gasteiger partial charge in [0.15, 0.2) is 0 Å². The van der Waals surface area contributed by atoms with Gasteiger partial charge < -0.3 is 10.2 Å². The summed E-state index contributed by atoms with van der Waals surface area (Å²) < 4.78 is 38.5. The Morgan fingerprint density at radius 3 is 2.41 bits per heavy atom. The molecule has 0 bridgehead atoms. The summed E-state index contributed by atoms with van der Waals surface area (Å²) in [4.78, 5) is 25.6. The van der Waals surface area contributed by atoms with Crippen LogP contribution in [0, 0.1) is 13.8 Å². The molecule has 27 heavy (non-hydrogen) atoms. The molecule has 0 aliphatic rings. The number of hydrogen-bond donors (Lipinski definition) is 1. The minimum atomic E-state index is -4.56. The number of carbonyl (C=O) groups excluding carboxylic acids is 2. The molecule has 0 aliphatic carbocycles.